The van der Waals surface area contributed by atoms with Gasteiger partial charge in [-0.3, -0.25) is 0 Å². The van der Waals surface area contributed by atoms with Gasteiger partial charge in [-0.2, -0.15) is 0 Å². The normalized spacial score (nSPS) is 11.8. The summed E-state index contributed by atoms with van der Waals surface area (Å²) in [5.74, 6) is 5.01. The van der Waals surface area contributed by atoms with Crippen molar-refractivity contribution in [2.24, 2.45) is 42.3 Å². The van der Waals surface area contributed by atoms with E-state index < -0.39 is 0 Å². The second kappa shape index (κ2) is 66.2. The van der Waals surface area contributed by atoms with E-state index in [1.165, 1.54) is 308 Å². The second-order valence-corrected chi connectivity index (χ2v) is 39.7. The molecular formula is C114H186N12O6+6. The molecule has 0 aliphatic rings. The third-order valence-corrected chi connectivity index (χ3v) is 27.5. The Morgan fingerprint density at radius 1 is 0.152 bits per heavy atom. The summed E-state index contributed by atoms with van der Waals surface area (Å²) in [7, 11) is 12.6. The summed E-state index contributed by atoms with van der Waals surface area (Å²) >= 11 is 0. The van der Waals surface area contributed by atoms with Crippen molar-refractivity contribution in [1.29, 1.82) is 0 Å². The summed E-state index contributed by atoms with van der Waals surface area (Å²) < 4.78 is 69.5. The molecule has 132 heavy (non-hydrogen) atoms. The molecule has 18 heteroatoms. The van der Waals surface area contributed by atoms with Crippen molar-refractivity contribution in [3.05, 3.63) is 149 Å². The average molecular weight is 1820 g/mol. The van der Waals surface area contributed by atoms with Crippen molar-refractivity contribution in [2.45, 2.75) is 425 Å². The van der Waals surface area contributed by atoms with Gasteiger partial charge in [0.15, 0.2) is 34.5 Å². The highest BCUT2D eigenvalue weighted by Gasteiger charge is 2.22. The molecule has 0 amide bonds. The minimum absolute atomic E-state index is 0.650. The number of aryl methyl sites for hydroxylation is 12. The molecule has 0 fully saturated rings. The van der Waals surface area contributed by atoms with Crippen LogP contribution < -0.4 is 55.8 Å². The van der Waals surface area contributed by atoms with Crippen LogP contribution in [-0.2, 0) is 81.6 Å². The number of hydrogen-bond donors (Lipinski definition) is 0. The van der Waals surface area contributed by atoms with E-state index in [1.807, 2.05) is 0 Å². The molecule has 0 spiro atoms. The van der Waals surface area contributed by atoms with Crippen LogP contribution >= 0.6 is 0 Å². The van der Waals surface area contributed by atoms with Gasteiger partial charge in [-0.05, 0) is 184 Å². The third kappa shape index (κ3) is 43.6. The van der Waals surface area contributed by atoms with Crippen molar-refractivity contribution < 1.29 is 55.8 Å². The maximum atomic E-state index is 7.13. The first-order chi connectivity index (χ1) is 65.1. The van der Waals surface area contributed by atoms with Gasteiger partial charge >= 0.3 is 0 Å². The molecule has 10 rings (SSSR count). The van der Waals surface area contributed by atoms with Gasteiger partial charge in [-0.15, -0.1) is 0 Å². The molecule has 0 radical (unpaired) electrons. The van der Waals surface area contributed by atoms with Crippen LogP contribution in [0.3, 0.4) is 0 Å². The van der Waals surface area contributed by atoms with Crippen molar-refractivity contribution in [1.82, 2.24) is 27.4 Å². The van der Waals surface area contributed by atoms with Gasteiger partial charge in [0.25, 0.3) is 0 Å². The molecular weight excluding hydrogens is 1630 g/mol. The maximum Gasteiger partial charge on any atom is 0.243 e. The predicted molar refractivity (Wildman–Crippen MR) is 543 cm³/mol. The van der Waals surface area contributed by atoms with Gasteiger partial charge in [0.05, 0.1) is 121 Å². The molecule has 4 aromatic carbocycles. The first-order valence-electron chi connectivity index (χ1n) is 54.4. The molecule has 18 nitrogen and oxygen atoms in total. The third-order valence-electron chi connectivity index (χ3n) is 27.5. The Morgan fingerprint density at radius 2 is 0.258 bits per heavy atom. The van der Waals surface area contributed by atoms with Crippen LogP contribution in [0.15, 0.2) is 149 Å². The Morgan fingerprint density at radius 3 is 0.364 bits per heavy atom. The molecule has 0 saturated carbocycles. The summed E-state index contributed by atoms with van der Waals surface area (Å²) in [4.78, 5) is 0. The first-order valence-corrected chi connectivity index (χ1v) is 54.4. The number of aromatic nitrogens is 12. The number of imidazole rings is 6. The van der Waals surface area contributed by atoms with Crippen molar-refractivity contribution in [3.8, 4) is 34.5 Å². The summed E-state index contributed by atoms with van der Waals surface area (Å²) in [6, 6.07) is 14.0. The van der Waals surface area contributed by atoms with Crippen LogP contribution in [0, 0.1) is 0 Å². The standard InChI is InChI=1S/C114H186N12O6/c1-115-73-79-121(97-115)67-55-43-31-19-7-13-25-37-49-61-85-127-109-91-103-104(92-110(109)128-86-62-50-38-26-14-8-20-32-44-56-68-122-80-74-116(2)98-122)106-94-112(130-88-64-52-40-28-16-10-22-34-46-58-70-124-82-76-118(4)100-124)114(132-90-66-54-42-30-18-12-24-36-48-60-72-126-84-78-120(6)102-126)96-108(106)107-95-113(131-89-65-53-41-29-17-11-23-35-47-59-71-125-83-77-119(5)101-125)111(93-105(103)107)129-87-63-51-39-27-15-9-21-33-45-57-69-123-81-75-117(3)99-123/h73-84,91-102H,7-72,85-90H2,1-6H3/q+6. The minimum atomic E-state index is 0.650. The first kappa shape index (κ1) is 106. The lowest BCUT2D eigenvalue weighted by Crippen LogP contribution is -2.23. The fourth-order valence-electron chi connectivity index (χ4n) is 19.5. The lowest BCUT2D eigenvalue weighted by Gasteiger charge is -2.21. The SMILES string of the molecule is C[n+]1ccn(CCCCCCCCCCCCOc2cc3c4cc(OCCCCCCCCCCCCn5cc[n+](C)c5)c(OCCCCCCCCCCCCn5cc[n+](C)c5)cc4c4cc(OCCCCCCCCCCCCn5cc[n+](C)c5)c(OCCCCCCCCCCCCn5cc[n+](C)c5)cc4c3cc2OCCCCCCCCCCCCn2cc[n+](C)c2)c1. The topological polar surface area (TPSA) is 108 Å². The van der Waals surface area contributed by atoms with Gasteiger partial charge in [0.1, 0.15) is 74.4 Å². The van der Waals surface area contributed by atoms with E-state index in [1.54, 1.807) is 0 Å². The number of hydrogen-bond acceptors (Lipinski definition) is 6. The molecule has 0 aliphatic heterocycles. The highest BCUT2D eigenvalue weighted by Crippen LogP contribution is 2.48. The fraction of sp³-hybridized carbons (Fsp3) is 0.684. The van der Waals surface area contributed by atoms with E-state index in [0.717, 1.165) is 183 Å². The number of unbranched alkanes of at least 4 members (excludes halogenated alkanes) is 54. The highest BCUT2D eigenvalue weighted by atomic mass is 16.5. The molecule has 0 saturated heterocycles. The van der Waals surface area contributed by atoms with Gasteiger partial charge < -0.3 is 28.4 Å². The average Bonchev–Trinajstić information content (AvgIpc) is 1.23. The zero-order valence-electron chi connectivity index (χ0n) is 84.6. The summed E-state index contributed by atoms with van der Waals surface area (Å²) in [5.41, 5.74) is 0. The molecule has 6 aromatic heterocycles. The Labute approximate surface area is 800 Å². The van der Waals surface area contributed by atoms with Crippen LogP contribution in [0.25, 0.3) is 32.3 Å². The van der Waals surface area contributed by atoms with Crippen molar-refractivity contribution in [2.75, 3.05) is 39.6 Å². The molecule has 6 heterocycles. The zero-order chi connectivity index (χ0) is 92.0. The Bertz CT molecular complexity index is 3830. The number of fused-ring (bicyclic) bond motifs is 6. The Kier molecular flexibility index (Phi) is 53.1. The summed E-state index contributed by atoms with van der Waals surface area (Å²) in [6.07, 6.45) is 114. The van der Waals surface area contributed by atoms with Gasteiger partial charge in [0.2, 0.25) is 38.0 Å². The predicted octanol–water partition coefficient (Wildman–Crippen LogP) is 26.8. The molecule has 0 bridgehead atoms. The number of benzene rings is 4. The molecule has 0 N–H and O–H groups in total. The molecule has 0 unspecified atom stereocenters. The van der Waals surface area contributed by atoms with E-state index >= 15 is 0 Å². The lowest BCUT2D eigenvalue weighted by atomic mass is 9.93. The monoisotopic (exact) mass is 1820 g/mol. The summed E-state index contributed by atoms with van der Waals surface area (Å²) in [5, 5.41) is 6.83. The van der Waals surface area contributed by atoms with Gasteiger partial charge in [-0.25, -0.2) is 54.8 Å². The van der Waals surface area contributed by atoms with E-state index in [0.29, 0.717) is 39.6 Å². The van der Waals surface area contributed by atoms with Crippen LogP contribution in [0.5, 0.6) is 34.5 Å². The van der Waals surface area contributed by atoms with Crippen LogP contribution in [0.2, 0.25) is 0 Å². The fourth-order valence-corrected chi connectivity index (χ4v) is 19.5. The Hall–Kier alpha value is -8.28. The molecule has 0 aliphatic carbocycles. The smallest absolute Gasteiger partial charge is 0.243 e. The van der Waals surface area contributed by atoms with Gasteiger partial charge in [-0.1, -0.05) is 270 Å². The van der Waals surface area contributed by atoms with E-state index in [-0.39, 0.29) is 0 Å². The minimum Gasteiger partial charge on any atom is -0.490 e. The largest absolute Gasteiger partial charge is 0.490 e. The van der Waals surface area contributed by atoms with E-state index in [2.05, 4.69) is 246 Å². The number of rotatable bonds is 84. The molecule has 732 valence electrons. The highest BCUT2D eigenvalue weighted by molar-refractivity contribution is 6.27. The van der Waals surface area contributed by atoms with Crippen LogP contribution in [0.4, 0.5) is 0 Å². The van der Waals surface area contributed by atoms with Gasteiger partial charge in [0, 0.05) is 0 Å². The van der Waals surface area contributed by atoms with E-state index in [4.69, 9.17) is 28.4 Å². The number of nitrogens with zero attached hydrogens (tertiary/aromatic N) is 12. The van der Waals surface area contributed by atoms with Crippen molar-refractivity contribution in [3.63, 3.8) is 0 Å². The number of ether oxygens (including phenoxy) is 6. The summed E-state index contributed by atoms with van der Waals surface area (Å²) in [6.45, 7) is 10.6. The zero-order valence-corrected chi connectivity index (χ0v) is 84.6. The Balaban J connectivity index is 0.859. The van der Waals surface area contributed by atoms with E-state index in [9.17, 15) is 0 Å². The maximum absolute atomic E-state index is 7.13. The molecule has 10 aromatic rings. The van der Waals surface area contributed by atoms with Crippen LogP contribution in [0.1, 0.15) is 385 Å². The lowest BCUT2D eigenvalue weighted by molar-refractivity contribution is -0.671. The molecule has 0 atom stereocenters. The van der Waals surface area contributed by atoms with Crippen molar-refractivity contribution >= 4 is 32.3 Å². The quantitative estimate of drug-likeness (QED) is 0.0213. The van der Waals surface area contributed by atoms with Crippen LogP contribution in [-0.4, -0.2) is 67.0 Å². The second-order valence-electron chi connectivity index (χ2n) is 39.7.